The predicted octanol–water partition coefficient (Wildman–Crippen LogP) is 1.56. The molecule has 0 amide bonds. The molecule has 0 fully saturated rings. The molecule has 5 heteroatoms. The van der Waals surface area contributed by atoms with Gasteiger partial charge >= 0.3 is 0 Å². The zero-order valence-corrected chi connectivity index (χ0v) is 13.2. The lowest BCUT2D eigenvalue weighted by Crippen LogP contribution is -2.51. The molecule has 1 unspecified atom stereocenters. The minimum atomic E-state index is -0.00147. The first-order chi connectivity index (χ1) is 10.4. The number of nitrogens with zero attached hydrogens (tertiary/aromatic N) is 1. The molecule has 6 N–H and O–H groups in total. The first-order valence-electron chi connectivity index (χ1n) is 7.62. The van der Waals surface area contributed by atoms with Crippen LogP contribution in [-0.4, -0.2) is 23.8 Å². The number of benzene rings is 1. The van der Waals surface area contributed by atoms with Gasteiger partial charge in [0.1, 0.15) is 0 Å². The molecular formula is C17H23N5. The summed E-state index contributed by atoms with van der Waals surface area (Å²) in [6.07, 6.45) is 2.96. The minimum absolute atomic E-state index is 0.00147. The van der Waals surface area contributed by atoms with Gasteiger partial charge in [-0.2, -0.15) is 0 Å². The SMILES string of the molecule is CC(=N)/C(=C(/C)N)c1ccc2c(c1)CCC1(CN=C(N)N1)C2. The second kappa shape index (κ2) is 5.16. The zero-order valence-electron chi connectivity index (χ0n) is 13.2. The first kappa shape index (κ1) is 14.6. The summed E-state index contributed by atoms with van der Waals surface area (Å²) in [5.74, 6) is 0.559. The molecule has 1 atom stereocenters. The number of hydrogen-bond donors (Lipinski definition) is 4. The van der Waals surface area contributed by atoms with Crippen molar-refractivity contribution in [3.8, 4) is 0 Å². The van der Waals surface area contributed by atoms with Crippen LogP contribution in [0.1, 0.15) is 37.0 Å². The molecule has 2 aliphatic rings. The maximum absolute atomic E-state index is 7.94. The van der Waals surface area contributed by atoms with Gasteiger partial charge in [0.05, 0.1) is 12.1 Å². The summed E-state index contributed by atoms with van der Waals surface area (Å²) in [5.41, 5.74) is 17.5. The van der Waals surface area contributed by atoms with E-state index in [2.05, 4.69) is 28.5 Å². The second-order valence-corrected chi connectivity index (χ2v) is 6.45. The van der Waals surface area contributed by atoms with Gasteiger partial charge in [0.15, 0.2) is 5.96 Å². The zero-order chi connectivity index (χ0) is 15.9. The van der Waals surface area contributed by atoms with Crippen molar-refractivity contribution in [3.63, 3.8) is 0 Å². The van der Waals surface area contributed by atoms with Crippen LogP contribution in [0.25, 0.3) is 5.57 Å². The molecule has 1 spiro atoms. The number of rotatable bonds is 2. The van der Waals surface area contributed by atoms with Crippen molar-refractivity contribution in [1.29, 1.82) is 5.41 Å². The van der Waals surface area contributed by atoms with Gasteiger partial charge in [-0.15, -0.1) is 0 Å². The van der Waals surface area contributed by atoms with E-state index in [9.17, 15) is 0 Å². The fourth-order valence-electron chi connectivity index (χ4n) is 3.58. The fourth-order valence-corrected chi connectivity index (χ4v) is 3.58. The van der Waals surface area contributed by atoms with Gasteiger partial charge in [0.2, 0.25) is 0 Å². The Morgan fingerprint density at radius 3 is 2.68 bits per heavy atom. The van der Waals surface area contributed by atoms with E-state index < -0.39 is 0 Å². The molecule has 0 aromatic heterocycles. The molecule has 0 saturated heterocycles. The molecule has 1 aliphatic carbocycles. The van der Waals surface area contributed by atoms with E-state index in [0.29, 0.717) is 17.4 Å². The summed E-state index contributed by atoms with van der Waals surface area (Å²) in [4.78, 5) is 4.31. The maximum Gasteiger partial charge on any atom is 0.189 e. The quantitative estimate of drug-likeness (QED) is 0.623. The van der Waals surface area contributed by atoms with E-state index in [0.717, 1.165) is 36.9 Å². The van der Waals surface area contributed by atoms with Gasteiger partial charge in [-0.25, -0.2) is 0 Å². The number of hydrogen-bond acceptors (Lipinski definition) is 5. The van der Waals surface area contributed by atoms with Gasteiger partial charge in [-0.05, 0) is 49.8 Å². The van der Waals surface area contributed by atoms with E-state index >= 15 is 0 Å². The highest BCUT2D eigenvalue weighted by atomic mass is 15.2. The minimum Gasteiger partial charge on any atom is -0.402 e. The Balaban J connectivity index is 1.91. The van der Waals surface area contributed by atoms with Crippen molar-refractivity contribution in [2.75, 3.05) is 6.54 Å². The number of guanidine groups is 1. The topological polar surface area (TPSA) is 100 Å². The van der Waals surface area contributed by atoms with Crippen LogP contribution in [0.4, 0.5) is 0 Å². The Morgan fingerprint density at radius 1 is 1.32 bits per heavy atom. The van der Waals surface area contributed by atoms with Crippen LogP contribution in [0.2, 0.25) is 0 Å². The summed E-state index contributed by atoms with van der Waals surface area (Å²) >= 11 is 0. The fraction of sp³-hybridized carbons (Fsp3) is 0.412. The molecule has 0 bridgehead atoms. The predicted molar refractivity (Wildman–Crippen MR) is 91.0 cm³/mol. The lowest BCUT2D eigenvalue weighted by molar-refractivity contribution is 0.361. The lowest BCUT2D eigenvalue weighted by atomic mass is 9.77. The van der Waals surface area contributed by atoms with Crippen LogP contribution < -0.4 is 16.8 Å². The highest BCUT2D eigenvalue weighted by Crippen LogP contribution is 2.33. The van der Waals surface area contributed by atoms with E-state index in [1.165, 1.54) is 11.1 Å². The van der Waals surface area contributed by atoms with Gasteiger partial charge in [0.25, 0.3) is 0 Å². The van der Waals surface area contributed by atoms with Crippen LogP contribution >= 0.6 is 0 Å². The monoisotopic (exact) mass is 297 g/mol. The number of nitrogens with one attached hydrogen (secondary N) is 2. The number of fused-ring (bicyclic) bond motifs is 1. The average Bonchev–Trinajstić information content (AvgIpc) is 2.79. The maximum atomic E-state index is 7.94. The summed E-state index contributed by atoms with van der Waals surface area (Å²) in [7, 11) is 0. The third kappa shape index (κ3) is 2.47. The van der Waals surface area contributed by atoms with Gasteiger partial charge < -0.3 is 22.2 Å². The molecule has 1 aromatic rings. The smallest absolute Gasteiger partial charge is 0.189 e. The molecule has 1 aliphatic heterocycles. The van der Waals surface area contributed by atoms with Crippen LogP contribution in [0, 0.1) is 5.41 Å². The molecule has 1 aromatic carbocycles. The number of aryl methyl sites for hydroxylation is 1. The van der Waals surface area contributed by atoms with Gasteiger partial charge in [-0.1, -0.05) is 18.2 Å². The third-order valence-electron chi connectivity index (χ3n) is 4.61. The second-order valence-electron chi connectivity index (χ2n) is 6.45. The van der Waals surface area contributed by atoms with Crippen molar-refractivity contribution in [1.82, 2.24) is 5.32 Å². The van der Waals surface area contributed by atoms with Crippen LogP contribution in [-0.2, 0) is 12.8 Å². The molecule has 116 valence electrons. The molecule has 3 rings (SSSR count). The highest BCUT2D eigenvalue weighted by molar-refractivity contribution is 6.21. The summed E-state index contributed by atoms with van der Waals surface area (Å²) in [6.45, 7) is 4.39. The largest absolute Gasteiger partial charge is 0.402 e. The van der Waals surface area contributed by atoms with E-state index in [4.69, 9.17) is 16.9 Å². The number of nitrogens with two attached hydrogens (primary N) is 2. The molecule has 5 nitrogen and oxygen atoms in total. The molecular weight excluding hydrogens is 274 g/mol. The Bertz CT molecular complexity index is 697. The highest BCUT2D eigenvalue weighted by Gasteiger charge is 2.37. The third-order valence-corrected chi connectivity index (χ3v) is 4.61. The summed E-state index contributed by atoms with van der Waals surface area (Å²) < 4.78 is 0. The van der Waals surface area contributed by atoms with Crippen molar-refractivity contribution in [2.45, 2.75) is 38.6 Å². The van der Waals surface area contributed by atoms with E-state index in [1.807, 2.05) is 6.92 Å². The molecule has 22 heavy (non-hydrogen) atoms. The van der Waals surface area contributed by atoms with Crippen molar-refractivity contribution >= 4 is 17.2 Å². The average molecular weight is 297 g/mol. The van der Waals surface area contributed by atoms with Gasteiger partial charge in [-0.3, -0.25) is 4.99 Å². The van der Waals surface area contributed by atoms with Crippen LogP contribution in [0.3, 0.4) is 0 Å². The van der Waals surface area contributed by atoms with Crippen LogP contribution in [0.15, 0.2) is 28.9 Å². The lowest BCUT2D eigenvalue weighted by Gasteiger charge is -2.35. The van der Waals surface area contributed by atoms with E-state index in [-0.39, 0.29) is 5.54 Å². The van der Waals surface area contributed by atoms with Gasteiger partial charge in [0, 0.05) is 17.0 Å². The Labute approximate surface area is 131 Å². The van der Waals surface area contributed by atoms with Crippen molar-refractivity contribution in [2.24, 2.45) is 16.5 Å². The standard InChI is InChI=1S/C17H23N5/c1-10(18)15(11(2)19)13-3-4-14-8-17(6-5-12(14)7-13)9-21-16(20)22-17/h3-4,7,18H,5-6,8-9,19H2,1-2H3,(H3,20,21,22)/b15-11+,18-10?. The molecule has 0 radical (unpaired) electrons. The van der Waals surface area contributed by atoms with Crippen molar-refractivity contribution in [3.05, 3.63) is 40.6 Å². The number of aliphatic imine (C=N–C) groups is 1. The van der Waals surface area contributed by atoms with Crippen molar-refractivity contribution < 1.29 is 0 Å². The summed E-state index contributed by atoms with van der Waals surface area (Å²) in [6, 6.07) is 6.42. The molecule has 0 saturated carbocycles. The first-order valence-corrected chi connectivity index (χ1v) is 7.62. The Kier molecular flexibility index (Phi) is 3.43. The number of allylic oxidation sites excluding steroid dienone is 2. The summed E-state index contributed by atoms with van der Waals surface area (Å²) in [5, 5.41) is 11.3. The Hall–Kier alpha value is -2.30. The molecule has 1 heterocycles. The van der Waals surface area contributed by atoms with Crippen LogP contribution in [0.5, 0.6) is 0 Å². The normalized spacial score (nSPS) is 24.4. The van der Waals surface area contributed by atoms with E-state index in [1.54, 1.807) is 6.92 Å². The Morgan fingerprint density at radius 2 is 2.09 bits per heavy atom.